The molecule has 0 radical (unpaired) electrons. The van der Waals surface area contributed by atoms with E-state index in [0.29, 0.717) is 6.04 Å². The molecule has 3 rings (SSSR count). The van der Waals surface area contributed by atoms with Gasteiger partial charge in [-0.2, -0.15) is 0 Å². The molecule has 1 atom stereocenters. The van der Waals surface area contributed by atoms with Crippen LogP contribution in [0.25, 0.3) is 10.9 Å². The first-order valence-electron chi connectivity index (χ1n) is 7.11. The highest BCUT2D eigenvalue weighted by Gasteiger charge is 2.31. The lowest BCUT2D eigenvalue weighted by Gasteiger charge is -2.20. The summed E-state index contributed by atoms with van der Waals surface area (Å²) in [7, 11) is 0. The summed E-state index contributed by atoms with van der Waals surface area (Å²) >= 11 is 0. The number of aromatic nitrogens is 1. The van der Waals surface area contributed by atoms with Crippen LogP contribution in [0.1, 0.15) is 19.8 Å². The Hall–Kier alpha value is -1.61. The molecule has 1 aromatic carbocycles. The van der Waals surface area contributed by atoms with Crippen molar-refractivity contribution in [1.29, 1.82) is 0 Å². The molecule has 3 heteroatoms. The summed E-state index contributed by atoms with van der Waals surface area (Å²) in [4.78, 5) is 12.2. The summed E-state index contributed by atoms with van der Waals surface area (Å²) in [5.74, 6) is 0.741. The Balaban J connectivity index is 1.98. The van der Waals surface area contributed by atoms with Crippen LogP contribution < -0.4 is 10.9 Å². The number of pyridine rings is 1. The number of para-hydroxylation sites is 1. The Morgan fingerprint density at radius 3 is 2.79 bits per heavy atom. The van der Waals surface area contributed by atoms with Gasteiger partial charge in [0.2, 0.25) is 0 Å². The van der Waals surface area contributed by atoms with Gasteiger partial charge in [-0.1, -0.05) is 25.1 Å². The number of likely N-dealkylation sites (N-methyl/N-ethyl adjacent to an activating group) is 1. The van der Waals surface area contributed by atoms with Crippen molar-refractivity contribution in [3.8, 4) is 0 Å². The van der Waals surface area contributed by atoms with Gasteiger partial charge in [0.25, 0.3) is 5.56 Å². The van der Waals surface area contributed by atoms with E-state index < -0.39 is 0 Å². The molecule has 1 aliphatic carbocycles. The molecule has 0 bridgehead atoms. The summed E-state index contributed by atoms with van der Waals surface area (Å²) in [5, 5.41) is 4.66. The van der Waals surface area contributed by atoms with Gasteiger partial charge in [0.05, 0.1) is 5.52 Å². The van der Waals surface area contributed by atoms with Crippen LogP contribution in [0.4, 0.5) is 0 Å². The van der Waals surface area contributed by atoms with Crippen molar-refractivity contribution < 1.29 is 0 Å². The summed E-state index contributed by atoms with van der Waals surface area (Å²) in [6.45, 7) is 3.86. The molecule has 1 aromatic heterocycles. The van der Waals surface area contributed by atoms with Crippen molar-refractivity contribution in [2.24, 2.45) is 5.92 Å². The SMILES string of the molecule is CCNC(Cn1c(=O)ccc2ccccc21)C1CC1. The van der Waals surface area contributed by atoms with Crippen molar-refractivity contribution in [3.63, 3.8) is 0 Å². The Labute approximate surface area is 113 Å². The maximum atomic E-state index is 12.2. The van der Waals surface area contributed by atoms with Gasteiger partial charge in [-0.25, -0.2) is 0 Å². The second-order valence-electron chi connectivity index (χ2n) is 5.34. The van der Waals surface area contributed by atoms with E-state index in [1.54, 1.807) is 6.07 Å². The van der Waals surface area contributed by atoms with Gasteiger partial charge in [0, 0.05) is 18.7 Å². The maximum absolute atomic E-state index is 12.2. The quantitative estimate of drug-likeness (QED) is 0.891. The molecule has 3 nitrogen and oxygen atoms in total. The zero-order chi connectivity index (χ0) is 13.2. The van der Waals surface area contributed by atoms with Gasteiger partial charge in [-0.15, -0.1) is 0 Å². The zero-order valence-electron chi connectivity index (χ0n) is 11.3. The maximum Gasteiger partial charge on any atom is 0.251 e. The minimum absolute atomic E-state index is 0.0993. The third-order valence-electron chi connectivity index (χ3n) is 3.94. The van der Waals surface area contributed by atoms with Crippen molar-refractivity contribution in [2.75, 3.05) is 6.54 Å². The van der Waals surface area contributed by atoms with E-state index in [2.05, 4.69) is 18.3 Å². The second-order valence-corrected chi connectivity index (χ2v) is 5.34. The Morgan fingerprint density at radius 1 is 1.26 bits per heavy atom. The van der Waals surface area contributed by atoms with E-state index in [-0.39, 0.29) is 5.56 Å². The predicted molar refractivity (Wildman–Crippen MR) is 78.4 cm³/mol. The number of nitrogens with zero attached hydrogens (tertiary/aromatic N) is 1. The molecular weight excluding hydrogens is 236 g/mol. The Morgan fingerprint density at radius 2 is 2.05 bits per heavy atom. The molecule has 1 saturated carbocycles. The predicted octanol–water partition coefficient (Wildman–Crippen LogP) is 2.39. The first kappa shape index (κ1) is 12.4. The summed E-state index contributed by atoms with van der Waals surface area (Å²) < 4.78 is 1.92. The molecule has 1 fully saturated rings. The average Bonchev–Trinajstić information content (AvgIpc) is 3.25. The zero-order valence-corrected chi connectivity index (χ0v) is 11.3. The van der Waals surface area contributed by atoms with Crippen molar-refractivity contribution in [2.45, 2.75) is 32.4 Å². The molecule has 2 aromatic rings. The lowest BCUT2D eigenvalue weighted by molar-refractivity contribution is 0.416. The van der Waals surface area contributed by atoms with Crippen molar-refractivity contribution >= 4 is 10.9 Å². The van der Waals surface area contributed by atoms with Gasteiger partial charge in [-0.3, -0.25) is 4.79 Å². The van der Waals surface area contributed by atoms with Crippen molar-refractivity contribution in [1.82, 2.24) is 9.88 Å². The smallest absolute Gasteiger partial charge is 0.251 e. The van der Waals surface area contributed by atoms with Crippen LogP contribution in [0, 0.1) is 5.92 Å². The molecular formula is C16H20N2O. The second kappa shape index (κ2) is 5.17. The lowest BCUT2D eigenvalue weighted by atomic mass is 10.1. The minimum atomic E-state index is 0.0993. The molecule has 19 heavy (non-hydrogen) atoms. The summed E-state index contributed by atoms with van der Waals surface area (Å²) in [6, 6.07) is 12.1. The molecule has 0 aliphatic heterocycles. The fourth-order valence-electron chi connectivity index (χ4n) is 2.77. The van der Waals surface area contributed by atoms with Crippen LogP contribution >= 0.6 is 0 Å². The molecule has 1 N–H and O–H groups in total. The number of hydrogen-bond donors (Lipinski definition) is 1. The minimum Gasteiger partial charge on any atom is -0.312 e. The van der Waals surface area contributed by atoms with Crippen LogP contribution in [0.5, 0.6) is 0 Å². The molecule has 1 unspecified atom stereocenters. The third kappa shape index (κ3) is 2.56. The normalized spacial score (nSPS) is 16.7. The number of fused-ring (bicyclic) bond motifs is 1. The highest BCUT2D eigenvalue weighted by Crippen LogP contribution is 2.33. The molecule has 1 heterocycles. The van der Waals surface area contributed by atoms with Gasteiger partial charge >= 0.3 is 0 Å². The van der Waals surface area contributed by atoms with Crippen LogP contribution in [0.2, 0.25) is 0 Å². The third-order valence-corrected chi connectivity index (χ3v) is 3.94. The van der Waals surface area contributed by atoms with E-state index in [9.17, 15) is 4.79 Å². The first-order chi connectivity index (χ1) is 9.29. The average molecular weight is 256 g/mol. The van der Waals surface area contributed by atoms with Gasteiger partial charge < -0.3 is 9.88 Å². The number of rotatable bonds is 5. The van der Waals surface area contributed by atoms with Gasteiger partial charge in [-0.05, 0) is 42.8 Å². The molecule has 100 valence electrons. The number of hydrogen-bond acceptors (Lipinski definition) is 2. The first-order valence-corrected chi connectivity index (χ1v) is 7.11. The standard InChI is InChI=1S/C16H20N2O/c1-2-17-14(12-7-8-12)11-18-15-6-4-3-5-13(15)9-10-16(18)19/h3-6,9-10,12,14,17H,2,7-8,11H2,1H3. The highest BCUT2D eigenvalue weighted by atomic mass is 16.1. The van der Waals surface area contributed by atoms with Crippen LogP contribution in [-0.4, -0.2) is 17.2 Å². The monoisotopic (exact) mass is 256 g/mol. The lowest BCUT2D eigenvalue weighted by Crippen LogP contribution is -2.38. The highest BCUT2D eigenvalue weighted by molar-refractivity contribution is 5.78. The van der Waals surface area contributed by atoms with E-state index in [1.807, 2.05) is 28.8 Å². The van der Waals surface area contributed by atoms with Gasteiger partial charge in [0.1, 0.15) is 0 Å². The Kier molecular flexibility index (Phi) is 3.38. The topological polar surface area (TPSA) is 34.0 Å². The molecule has 0 spiro atoms. The Bertz CT molecular complexity index is 628. The van der Waals surface area contributed by atoms with Crippen LogP contribution in [0.3, 0.4) is 0 Å². The van der Waals surface area contributed by atoms with Crippen LogP contribution in [-0.2, 0) is 6.54 Å². The summed E-state index contributed by atoms with van der Waals surface area (Å²) in [6.07, 6.45) is 2.58. The molecule has 1 aliphatic rings. The number of nitrogens with one attached hydrogen (secondary N) is 1. The van der Waals surface area contributed by atoms with E-state index >= 15 is 0 Å². The number of benzene rings is 1. The van der Waals surface area contributed by atoms with E-state index in [1.165, 1.54) is 12.8 Å². The fraction of sp³-hybridized carbons (Fsp3) is 0.438. The fourth-order valence-corrected chi connectivity index (χ4v) is 2.77. The largest absolute Gasteiger partial charge is 0.312 e. The van der Waals surface area contributed by atoms with Crippen LogP contribution in [0.15, 0.2) is 41.2 Å². The van der Waals surface area contributed by atoms with E-state index in [0.717, 1.165) is 29.9 Å². The summed E-state index contributed by atoms with van der Waals surface area (Å²) in [5.41, 5.74) is 1.14. The molecule has 0 amide bonds. The van der Waals surface area contributed by atoms with E-state index in [4.69, 9.17) is 0 Å². The van der Waals surface area contributed by atoms with Crippen molar-refractivity contribution in [3.05, 3.63) is 46.8 Å². The molecule has 0 saturated heterocycles. The van der Waals surface area contributed by atoms with Gasteiger partial charge in [0.15, 0.2) is 0 Å².